The van der Waals surface area contributed by atoms with Crippen LogP contribution in [0.1, 0.15) is 15.9 Å². The van der Waals surface area contributed by atoms with Crippen molar-refractivity contribution < 1.29 is 9.53 Å². The number of carbonyl (C=O) groups is 1. The number of ether oxygens (including phenoxy) is 1. The van der Waals surface area contributed by atoms with Crippen molar-refractivity contribution in [2.75, 3.05) is 0 Å². The molecule has 0 aromatic heterocycles. The molecule has 124 valence electrons. The summed E-state index contributed by atoms with van der Waals surface area (Å²) in [4.78, 5) is 16.5. The Kier molecular flexibility index (Phi) is 5.64. The minimum Gasteiger partial charge on any atom is -0.423 e. The summed E-state index contributed by atoms with van der Waals surface area (Å²) < 4.78 is 6.31. The molecule has 0 atom stereocenters. The molecule has 0 aliphatic heterocycles. The summed E-state index contributed by atoms with van der Waals surface area (Å²) in [5.41, 5.74) is 2.22. The second-order valence-corrected chi connectivity index (χ2v) is 6.55. The summed E-state index contributed by atoms with van der Waals surface area (Å²) in [5.74, 6) is 0.0361. The van der Waals surface area contributed by atoms with Crippen molar-refractivity contribution in [1.82, 2.24) is 0 Å². The Balaban J connectivity index is 1.66. The van der Waals surface area contributed by atoms with Crippen LogP contribution in [-0.4, -0.2) is 12.2 Å². The average Bonchev–Trinajstić information content (AvgIpc) is 2.63. The standard InChI is InChI=1S/C20H13BrClNO2/c21-16-5-9-18(10-6-16)23-13-14-1-3-15(4-2-14)20(24)25-19-11-7-17(22)8-12-19/h1-13H. The SMILES string of the molecule is O=C(Oc1ccc(Cl)cc1)c1ccc(C=Nc2ccc(Br)cc2)cc1. The van der Waals surface area contributed by atoms with Crippen LogP contribution in [0.3, 0.4) is 0 Å². The quantitative estimate of drug-likeness (QED) is 0.295. The van der Waals surface area contributed by atoms with E-state index in [2.05, 4.69) is 20.9 Å². The third kappa shape index (κ3) is 5.02. The van der Waals surface area contributed by atoms with Crippen molar-refractivity contribution >= 4 is 45.4 Å². The van der Waals surface area contributed by atoms with Crippen LogP contribution < -0.4 is 4.74 Å². The first-order valence-electron chi connectivity index (χ1n) is 7.47. The van der Waals surface area contributed by atoms with Crippen LogP contribution >= 0.6 is 27.5 Å². The van der Waals surface area contributed by atoms with E-state index in [9.17, 15) is 4.79 Å². The van der Waals surface area contributed by atoms with Crippen molar-refractivity contribution in [1.29, 1.82) is 0 Å². The highest BCUT2D eigenvalue weighted by molar-refractivity contribution is 9.10. The lowest BCUT2D eigenvalue weighted by atomic mass is 10.1. The van der Waals surface area contributed by atoms with Gasteiger partial charge in [-0.2, -0.15) is 0 Å². The van der Waals surface area contributed by atoms with Crippen molar-refractivity contribution in [3.63, 3.8) is 0 Å². The van der Waals surface area contributed by atoms with E-state index < -0.39 is 5.97 Å². The first-order valence-corrected chi connectivity index (χ1v) is 8.65. The average molecular weight is 415 g/mol. The first-order chi connectivity index (χ1) is 12.1. The Hall–Kier alpha value is -2.43. The molecule has 0 aliphatic rings. The second kappa shape index (κ2) is 8.10. The molecule has 5 heteroatoms. The minimum absolute atomic E-state index is 0.418. The largest absolute Gasteiger partial charge is 0.423 e. The van der Waals surface area contributed by atoms with E-state index in [-0.39, 0.29) is 0 Å². The molecule has 0 bridgehead atoms. The lowest BCUT2D eigenvalue weighted by Crippen LogP contribution is -2.08. The highest BCUT2D eigenvalue weighted by Gasteiger charge is 2.08. The zero-order valence-corrected chi connectivity index (χ0v) is 15.4. The molecule has 25 heavy (non-hydrogen) atoms. The Bertz CT molecular complexity index is 888. The summed E-state index contributed by atoms with van der Waals surface area (Å²) in [6, 6.07) is 21.4. The summed E-state index contributed by atoms with van der Waals surface area (Å²) >= 11 is 9.20. The molecule has 0 spiro atoms. The number of nitrogens with zero attached hydrogens (tertiary/aromatic N) is 1. The van der Waals surface area contributed by atoms with Gasteiger partial charge >= 0.3 is 5.97 Å². The van der Waals surface area contributed by atoms with Gasteiger partial charge in [-0.25, -0.2) is 4.79 Å². The fraction of sp³-hybridized carbons (Fsp3) is 0. The predicted molar refractivity (Wildman–Crippen MR) is 104 cm³/mol. The van der Waals surface area contributed by atoms with Gasteiger partial charge in [-0.15, -0.1) is 0 Å². The Morgan fingerprint density at radius 2 is 1.56 bits per heavy atom. The molecule has 3 nitrogen and oxygen atoms in total. The highest BCUT2D eigenvalue weighted by atomic mass is 79.9. The Morgan fingerprint density at radius 1 is 0.920 bits per heavy atom. The molecule has 3 aromatic rings. The number of hydrogen-bond donors (Lipinski definition) is 0. The number of carbonyl (C=O) groups excluding carboxylic acids is 1. The maximum Gasteiger partial charge on any atom is 0.343 e. The first kappa shape index (κ1) is 17.4. The van der Waals surface area contributed by atoms with Crippen LogP contribution in [0.15, 0.2) is 82.3 Å². The fourth-order valence-electron chi connectivity index (χ4n) is 2.05. The zero-order chi connectivity index (χ0) is 17.6. The van der Waals surface area contributed by atoms with Crippen LogP contribution in [0.4, 0.5) is 5.69 Å². The van der Waals surface area contributed by atoms with Crippen LogP contribution in [0, 0.1) is 0 Å². The molecule has 0 unspecified atom stereocenters. The smallest absolute Gasteiger partial charge is 0.343 e. The molecule has 0 radical (unpaired) electrons. The monoisotopic (exact) mass is 413 g/mol. The highest BCUT2D eigenvalue weighted by Crippen LogP contribution is 2.18. The number of hydrogen-bond acceptors (Lipinski definition) is 3. The Morgan fingerprint density at radius 3 is 2.20 bits per heavy atom. The molecule has 0 fully saturated rings. The molecular weight excluding hydrogens is 402 g/mol. The van der Waals surface area contributed by atoms with Gasteiger partial charge in [0.1, 0.15) is 5.75 Å². The van der Waals surface area contributed by atoms with Crippen molar-refractivity contribution in [2.24, 2.45) is 4.99 Å². The molecule has 0 amide bonds. The molecule has 0 saturated heterocycles. The third-order valence-electron chi connectivity index (χ3n) is 3.36. The number of rotatable bonds is 4. The van der Waals surface area contributed by atoms with Crippen LogP contribution in [-0.2, 0) is 0 Å². The molecule has 3 aromatic carbocycles. The third-order valence-corrected chi connectivity index (χ3v) is 4.14. The Labute approximate surface area is 159 Å². The van der Waals surface area contributed by atoms with Gasteiger partial charge in [0.05, 0.1) is 11.3 Å². The van der Waals surface area contributed by atoms with Gasteiger partial charge in [-0.1, -0.05) is 39.7 Å². The number of benzene rings is 3. The maximum atomic E-state index is 12.1. The van der Waals surface area contributed by atoms with Crippen molar-refractivity contribution in [3.05, 3.63) is 93.4 Å². The molecule has 0 N–H and O–H groups in total. The van der Waals surface area contributed by atoms with Crippen LogP contribution in [0.25, 0.3) is 0 Å². The lowest BCUT2D eigenvalue weighted by molar-refractivity contribution is 0.0735. The molecule has 0 heterocycles. The predicted octanol–water partition coefficient (Wildman–Crippen LogP) is 6.07. The van der Waals surface area contributed by atoms with Gasteiger partial charge in [0.15, 0.2) is 0 Å². The van der Waals surface area contributed by atoms with Crippen LogP contribution in [0.5, 0.6) is 5.75 Å². The van der Waals surface area contributed by atoms with E-state index in [0.29, 0.717) is 16.3 Å². The van der Waals surface area contributed by atoms with Gasteiger partial charge in [-0.05, 0) is 66.2 Å². The van der Waals surface area contributed by atoms with E-state index in [0.717, 1.165) is 15.7 Å². The molecule has 3 rings (SSSR count). The van der Waals surface area contributed by atoms with Gasteiger partial charge in [0.2, 0.25) is 0 Å². The van der Waals surface area contributed by atoms with Gasteiger partial charge in [0.25, 0.3) is 0 Å². The second-order valence-electron chi connectivity index (χ2n) is 5.20. The number of esters is 1. The lowest BCUT2D eigenvalue weighted by Gasteiger charge is -2.04. The number of halogens is 2. The minimum atomic E-state index is -0.418. The summed E-state index contributed by atoms with van der Waals surface area (Å²) in [6.45, 7) is 0. The van der Waals surface area contributed by atoms with Crippen molar-refractivity contribution in [3.8, 4) is 5.75 Å². The maximum absolute atomic E-state index is 12.1. The van der Waals surface area contributed by atoms with Gasteiger partial charge in [0, 0.05) is 15.7 Å². The molecule has 0 saturated carbocycles. The van der Waals surface area contributed by atoms with E-state index >= 15 is 0 Å². The van der Waals surface area contributed by atoms with Crippen LogP contribution in [0.2, 0.25) is 5.02 Å². The summed E-state index contributed by atoms with van der Waals surface area (Å²) in [5, 5.41) is 0.592. The molecule has 0 aliphatic carbocycles. The molecular formula is C20H13BrClNO2. The van der Waals surface area contributed by atoms with Gasteiger partial charge < -0.3 is 4.74 Å². The van der Waals surface area contributed by atoms with E-state index in [4.69, 9.17) is 16.3 Å². The van der Waals surface area contributed by atoms with Crippen molar-refractivity contribution in [2.45, 2.75) is 0 Å². The summed E-state index contributed by atoms with van der Waals surface area (Å²) in [6.07, 6.45) is 1.75. The topological polar surface area (TPSA) is 38.7 Å². The normalized spacial score (nSPS) is 10.8. The number of aliphatic imine (C=N–C) groups is 1. The summed E-state index contributed by atoms with van der Waals surface area (Å²) in [7, 11) is 0. The fourth-order valence-corrected chi connectivity index (χ4v) is 2.44. The van der Waals surface area contributed by atoms with E-state index in [1.165, 1.54) is 0 Å². The van der Waals surface area contributed by atoms with E-state index in [1.807, 2.05) is 36.4 Å². The van der Waals surface area contributed by atoms with Gasteiger partial charge in [-0.3, -0.25) is 4.99 Å². The van der Waals surface area contributed by atoms with E-state index in [1.54, 1.807) is 42.6 Å². The zero-order valence-electron chi connectivity index (χ0n) is 13.0.